The number of benzene rings is 2. The topological polar surface area (TPSA) is 17.1 Å². The summed E-state index contributed by atoms with van der Waals surface area (Å²) in [7, 11) is 0. The van der Waals surface area contributed by atoms with Gasteiger partial charge in [-0.05, 0) is 47.9 Å². The molecule has 0 aliphatic rings. The van der Waals surface area contributed by atoms with Crippen LogP contribution in [-0.2, 0) is 0 Å². The minimum atomic E-state index is -0.298. The number of aryl methyl sites for hydroxylation is 1. The highest BCUT2D eigenvalue weighted by Crippen LogP contribution is 2.27. The second-order valence-electron chi connectivity index (χ2n) is 3.81. The van der Waals surface area contributed by atoms with Crippen LogP contribution < -0.4 is 0 Å². The Kier molecular flexibility index (Phi) is 3.25. The van der Waals surface area contributed by atoms with E-state index in [-0.39, 0.29) is 5.82 Å². The zero-order chi connectivity index (χ0) is 12.4. The lowest BCUT2D eigenvalue weighted by molar-refractivity contribution is 0.112. The van der Waals surface area contributed by atoms with E-state index < -0.39 is 0 Å². The van der Waals surface area contributed by atoms with Crippen LogP contribution in [0.5, 0.6) is 0 Å². The van der Waals surface area contributed by atoms with Crippen molar-refractivity contribution in [3.8, 4) is 11.1 Å². The van der Waals surface area contributed by atoms with Gasteiger partial charge in [0.1, 0.15) is 5.82 Å². The summed E-state index contributed by atoms with van der Waals surface area (Å²) in [6, 6.07) is 9.65. The van der Waals surface area contributed by atoms with E-state index in [0.29, 0.717) is 16.9 Å². The third kappa shape index (κ3) is 2.37. The average Bonchev–Trinajstić information content (AvgIpc) is 2.33. The minimum Gasteiger partial charge on any atom is -0.298 e. The second-order valence-corrected chi connectivity index (χ2v) is 4.22. The normalized spacial score (nSPS) is 10.3. The molecule has 0 amide bonds. The Morgan fingerprint density at radius 2 is 1.94 bits per heavy atom. The molecule has 0 aliphatic carbocycles. The molecule has 0 N–H and O–H groups in total. The zero-order valence-corrected chi connectivity index (χ0v) is 9.96. The molecule has 0 fully saturated rings. The van der Waals surface area contributed by atoms with Crippen molar-refractivity contribution in [2.45, 2.75) is 6.92 Å². The van der Waals surface area contributed by atoms with Gasteiger partial charge in [0.15, 0.2) is 6.29 Å². The SMILES string of the molecule is Cc1ccc(F)cc1-c1ccc(Cl)c(C=O)c1. The molecule has 0 radical (unpaired) electrons. The van der Waals surface area contributed by atoms with Gasteiger partial charge in [0, 0.05) is 5.56 Å². The molecular formula is C14H10ClFO. The number of carbonyl (C=O) groups is 1. The van der Waals surface area contributed by atoms with E-state index in [1.165, 1.54) is 12.1 Å². The summed E-state index contributed by atoms with van der Waals surface area (Å²) in [6.07, 6.45) is 0.695. The number of hydrogen-bond acceptors (Lipinski definition) is 1. The van der Waals surface area contributed by atoms with Crippen LogP contribution in [0.1, 0.15) is 15.9 Å². The molecule has 0 aliphatic heterocycles. The average molecular weight is 249 g/mol. The first-order valence-corrected chi connectivity index (χ1v) is 5.51. The number of halogens is 2. The minimum absolute atomic E-state index is 0.298. The number of rotatable bonds is 2. The van der Waals surface area contributed by atoms with E-state index in [1.807, 2.05) is 6.92 Å². The third-order valence-electron chi connectivity index (χ3n) is 2.63. The monoisotopic (exact) mass is 248 g/mol. The standard InChI is InChI=1S/C14H10ClFO/c1-9-2-4-12(16)7-13(9)10-3-5-14(15)11(6-10)8-17/h2-8H,1H3. The summed E-state index contributed by atoms with van der Waals surface area (Å²) in [5, 5.41) is 0.401. The van der Waals surface area contributed by atoms with Crippen molar-refractivity contribution in [2.24, 2.45) is 0 Å². The fourth-order valence-corrected chi connectivity index (χ4v) is 1.87. The summed E-state index contributed by atoms with van der Waals surface area (Å²) in [5.74, 6) is -0.298. The lowest BCUT2D eigenvalue weighted by atomic mass is 9.99. The Labute approximate surface area is 104 Å². The van der Waals surface area contributed by atoms with Gasteiger partial charge in [0.2, 0.25) is 0 Å². The molecule has 1 nitrogen and oxygen atoms in total. The van der Waals surface area contributed by atoms with Gasteiger partial charge in [0.05, 0.1) is 5.02 Å². The van der Waals surface area contributed by atoms with Crippen molar-refractivity contribution in [1.82, 2.24) is 0 Å². The van der Waals surface area contributed by atoms with E-state index in [2.05, 4.69) is 0 Å². The lowest BCUT2D eigenvalue weighted by Gasteiger charge is -2.07. The summed E-state index contributed by atoms with van der Waals surface area (Å²) in [4.78, 5) is 10.8. The Morgan fingerprint density at radius 3 is 2.65 bits per heavy atom. The van der Waals surface area contributed by atoms with Gasteiger partial charge in [-0.2, -0.15) is 0 Å². The Bertz CT molecular complexity index is 578. The van der Waals surface area contributed by atoms with Crippen LogP contribution in [0.15, 0.2) is 36.4 Å². The molecule has 0 saturated carbocycles. The van der Waals surface area contributed by atoms with Crippen LogP contribution in [0.4, 0.5) is 4.39 Å². The number of aldehydes is 1. The van der Waals surface area contributed by atoms with Crippen molar-refractivity contribution in [2.75, 3.05) is 0 Å². The first-order chi connectivity index (χ1) is 8.11. The van der Waals surface area contributed by atoms with Crippen molar-refractivity contribution in [1.29, 1.82) is 0 Å². The van der Waals surface area contributed by atoms with Gasteiger partial charge in [-0.15, -0.1) is 0 Å². The van der Waals surface area contributed by atoms with E-state index in [1.54, 1.807) is 24.3 Å². The van der Waals surface area contributed by atoms with E-state index >= 15 is 0 Å². The van der Waals surface area contributed by atoms with E-state index in [0.717, 1.165) is 16.7 Å². The van der Waals surface area contributed by atoms with Crippen LogP contribution >= 0.6 is 11.6 Å². The summed E-state index contributed by atoms with van der Waals surface area (Å²) in [6.45, 7) is 1.89. The lowest BCUT2D eigenvalue weighted by Crippen LogP contribution is -1.88. The Balaban J connectivity index is 2.60. The van der Waals surface area contributed by atoms with Crippen LogP contribution in [0.3, 0.4) is 0 Å². The maximum absolute atomic E-state index is 13.2. The first kappa shape index (κ1) is 11.8. The van der Waals surface area contributed by atoms with Gasteiger partial charge >= 0.3 is 0 Å². The molecule has 2 aromatic rings. The molecule has 0 atom stereocenters. The largest absolute Gasteiger partial charge is 0.298 e. The smallest absolute Gasteiger partial charge is 0.151 e. The van der Waals surface area contributed by atoms with Crippen molar-refractivity contribution in [3.05, 3.63) is 58.4 Å². The molecule has 86 valence electrons. The highest BCUT2D eigenvalue weighted by molar-refractivity contribution is 6.33. The Hall–Kier alpha value is -1.67. The molecule has 0 bridgehead atoms. The van der Waals surface area contributed by atoms with Crippen LogP contribution in [0.2, 0.25) is 5.02 Å². The molecule has 17 heavy (non-hydrogen) atoms. The second kappa shape index (κ2) is 4.68. The molecule has 3 heteroatoms. The van der Waals surface area contributed by atoms with Gasteiger partial charge in [-0.25, -0.2) is 4.39 Å². The highest BCUT2D eigenvalue weighted by Gasteiger charge is 2.06. The van der Waals surface area contributed by atoms with Gasteiger partial charge < -0.3 is 0 Å². The third-order valence-corrected chi connectivity index (χ3v) is 2.98. The summed E-state index contributed by atoms with van der Waals surface area (Å²) < 4.78 is 13.2. The summed E-state index contributed by atoms with van der Waals surface area (Å²) >= 11 is 5.85. The predicted molar refractivity (Wildman–Crippen MR) is 67.0 cm³/mol. The maximum atomic E-state index is 13.2. The number of hydrogen-bond donors (Lipinski definition) is 0. The Morgan fingerprint density at radius 1 is 1.18 bits per heavy atom. The quantitative estimate of drug-likeness (QED) is 0.726. The predicted octanol–water partition coefficient (Wildman–Crippen LogP) is 4.27. The van der Waals surface area contributed by atoms with Crippen LogP contribution in [-0.4, -0.2) is 6.29 Å². The van der Waals surface area contributed by atoms with Gasteiger partial charge in [0.25, 0.3) is 0 Å². The molecule has 0 spiro atoms. The maximum Gasteiger partial charge on any atom is 0.151 e. The fourth-order valence-electron chi connectivity index (χ4n) is 1.71. The molecular weight excluding hydrogens is 239 g/mol. The van der Waals surface area contributed by atoms with Crippen molar-refractivity contribution < 1.29 is 9.18 Å². The van der Waals surface area contributed by atoms with E-state index in [9.17, 15) is 9.18 Å². The highest BCUT2D eigenvalue weighted by atomic mass is 35.5. The van der Waals surface area contributed by atoms with Gasteiger partial charge in [-0.3, -0.25) is 4.79 Å². The van der Waals surface area contributed by atoms with Crippen molar-refractivity contribution >= 4 is 17.9 Å². The first-order valence-electron chi connectivity index (χ1n) is 5.13. The molecule has 0 aromatic heterocycles. The van der Waals surface area contributed by atoms with Crippen LogP contribution in [0, 0.1) is 12.7 Å². The molecule has 2 aromatic carbocycles. The fraction of sp³-hybridized carbons (Fsp3) is 0.0714. The molecule has 0 unspecified atom stereocenters. The molecule has 2 rings (SSSR count). The van der Waals surface area contributed by atoms with Crippen LogP contribution in [0.25, 0.3) is 11.1 Å². The molecule has 0 heterocycles. The summed E-state index contributed by atoms with van der Waals surface area (Å²) in [5.41, 5.74) is 2.91. The van der Waals surface area contributed by atoms with Gasteiger partial charge in [-0.1, -0.05) is 23.7 Å². The number of carbonyl (C=O) groups excluding carboxylic acids is 1. The zero-order valence-electron chi connectivity index (χ0n) is 9.21. The van der Waals surface area contributed by atoms with Crippen molar-refractivity contribution in [3.63, 3.8) is 0 Å². The van der Waals surface area contributed by atoms with E-state index in [4.69, 9.17) is 11.6 Å². The molecule has 0 saturated heterocycles.